The zero-order valence-electron chi connectivity index (χ0n) is 11.9. The second-order valence-corrected chi connectivity index (χ2v) is 5.80. The lowest BCUT2D eigenvalue weighted by Gasteiger charge is -2.19. The van der Waals surface area contributed by atoms with E-state index >= 15 is 0 Å². The highest BCUT2D eigenvalue weighted by Crippen LogP contribution is 2.26. The molecule has 21 heavy (non-hydrogen) atoms. The van der Waals surface area contributed by atoms with Gasteiger partial charge in [-0.2, -0.15) is 0 Å². The molecule has 0 aliphatic carbocycles. The van der Waals surface area contributed by atoms with Gasteiger partial charge in [-0.25, -0.2) is 4.79 Å². The number of fused-ring (bicyclic) bond motifs is 1. The summed E-state index contributed by atoms with van der Waals surface area (Å²) in [5.41, 5.74) is 6.02. The number of hydrogen-bond acceptors (Lipinski definition) is 5. The summed E-state index contributed by atoms with van der Waals surface area (Å²) in [6, 6.07) is 5.16. The molecule has 0 unspecified atom stereocenters. The Morgan fingerprint density at radius 2 is 2.10 bits per heavy atom. The summed E-state index contributed by atoms with van der Waals surface area (Å²) >= 11 is 4.78. The van der Waals surface area contributed by atoms with E-state index in [9.17, 15) is 4.79 Å². The SMILES string of the molecule is CC(C)(C)OC(=O)Nc1noc2ccc(NC(N)=S)cc12. The summed E-state index contributed by atoms with van der Waals surface area (Å²) in [7, 11) is 0. The highest BCUT2D eigenvalue weighted by molar-refractivity contribution is 7.80. The van der Waals surface area contributed by atoms with Crippen molar-refractivity contribution in [2.45, 2.75) is 26.4 Å². The molecule has 0 radical (unpaired) electrons. The van der Waals surface area contributed by atoms with Crippen LogP contribution in [-0.2, 0) is 4.74 Å². The van der Waals surface area contributed by atoms with E-state index in [0.29, 0.717) is 16.7 Å². The van der Waals surface area contributed by atoms with Crippen LogP contribution in [0.4, 0.5) is 16.3 Å². The Kier molecular flexibility index (Phi) is 3.99. The maximum absolute atomic E-state index is 11.8. The zero-order valence-corrected chi connectivity index (χ0v) is 12.7. The quantitative estimate of drug-likeness (QED) is 0.733. The van der Waals surface area contributed by atoms with E-state index in [1.807, 2.05) is 0 Å². The van der Waals surface area contributed by atoms with Crippen LogP contribution in [-0.4, -0.2) is 22.0 Å². The van der Waals surface area contributed by atoms with Gasteiger partial charge in [0.05, 0.1) is 5.39 Å². The van der Waals surface area contributed by atoms with Crippen LogP contribution < -0.4 is 16.4 Å². The third-order valence-corrected chi connectivity index (χ3v) is 2.46. The lowest BCUT2D eigenvalue weighted by molar-refractivity contribution is 0.0635. The van der Waals surface area contributed by atoms with E-state index in [1.165, 1.54) is 0 Å². The fourth-order valence-corrected chi connectivity index (χ4v) is 1.77. The number of benzene rings is 1. The highest BCUT2D eigenvalue weighted by atomic mass is 32.1. The van der Waals surface area contributed by atoms with E-state index in [4.69, 9.17) is 27.2 Å². The molecule has 1 amide bonds. The average molecular weight is 308 g/mol. The summed E-state index contributed by atoms with van der Waals surface area (Å²) in [4.78, 5) is 11.8. The minimum absolute atomic E-state index is 0.146. The number of thiocarbonyl (C=S) groups is 1. The third-order valence-electron chi connectivity index (χ3n) is 2.36. The average Bonchev–Trinajstić information content (AvgIpc) is 2.68. The number of anilines is 2. The van der Waals surface area contributed by atoms with E-state index < -0.39 is 11.7 Å². The van der Waals surface area contributed by atoms with Crippen molar-refractivity contribution in [1.29, 1.82) is 0 Å². The normalized spacial score (nSPS) is 11.2. The van der Waals surface area contributed by atoms with Gasteiger partial charge in [0.1, 0.15) is 5.60 Å². The maximum Gasteiger partial charge on any atom is 0.413 e. The number of carbonyl (C=O) groups is 1. The summed E-state index contributed by atoms with van der Waals surface area (Å²) in [6.45, 7) is 5.33. The summed E-state index contributed by atoms with van der Waals surface area (Å²) in [5.74, 6) is 0.269. The van der Waals surface area contributed by atoms with Crippen molar-refractivity contribution in [3.8, 4) is 0 Å². The van der Waals surface area contributed by atoms with E-state index in [-0.39, 0.29) is 10.9 Å². The van der Waals surface area contributed by atoms with Crippen LogP contribution in [0.15, 0.2) is 22.7 Å². The van der Waals surface area contributed by atoms with Gasteiger partial charge in [0.25, 0.3) is 0 Å². The molecule has 0 saturated carbocycles. The van der Waals surface area contributed by atoms with E-state index in [0.717, 1.165) is 0 Å². The maximum atomic E-state index is 11.8. The molecule has 0 fully saturated rings. The first kappa shape index (κ1) is 15.0. The number of hydrogen-bond donors (Lipinski definition) is 3. The molecule has 2 rings (SSSR count). The van der Waals surface area contributed by atoms with Gasteiger partial charge in [-0.3, -0.25) is 5.32 Å². The molecule has 8 heteroatoms. The number of aromatic nitrogens is 1. The van der Waals surface area contributed by atoms with E-state index in [1.54, 1.807) is 39.0 Å². The number of amides is 1. The molecular formula is C13H16N4O3S. The highest BCUT2D eigenvalue weighted by Gasteiger charge is 2.18. The van der Waals surface area contributed by atoms with E-state index in [2.05, 4.69) is 15.8 Å². The van der Waals surface area contributed by atoms with Gasteiger partial charge in [-0.05, 0) is 51.2 Å². The topological polar surface area (TPSA) is 102 Å². The van der Waals surface area contributed by atoms with Gasteiger partial charge < -0.3 is 20.3 Å². The smallest absolute Gasteiger partial charge is 0.413 e. The monoisotopic (exact) mass is 308 g/mol. The fraction of sp³-hybridized carbons (Fsp3) is 0.308. The lowest BCUT2D eigenvalue weighted by atomic mass is 10.2. The van der Waals surface area contributed by atoms with Crippen molar-refractivity contribution in [2.75, 3.05) is 10.6 Å². The third kappa shape index (κ3) is 4.06. The number of nitrogens with zero attached hydrogens (tertiary/aromatic N) is 1. The first-order chi connectivity index (χ1) is 9.74. The molecule has 1 heterocycles. The standard InChI is InChI=1S/C13H16N4O3S/c1-13(2,3)19-12(18)16-10-8-6-7(15-11(14)21)4-5-9(8)20-17-10/h4-6H,1-3H3,(H3,14,15,21)(H,16,17,18). The Hall–Kier alpha value is -2.35. The predicted molar refractivity (Wildman–Crippen MR) is 84.3 cm³/mol. The van der Waals surface area contributed by atoms with Gasteiger partial charge in [0.15, 0.2) is 16.5 Å². The van der Waals surface area contributed by atoms with Crippen LogP contribution in [0, 0.1) is 0 Å². The predicted octanol–water partition coefficient (Wildman–Crippen LogP) is 2.83. The van der Waals surface area contributed by atoms with Crippen molar-refractivity contribution < 1.29 is 14.1 Å². The number of rotatable bonds is 2. The Balaban J connectivity index is 2.23. The molecule has 4 N–H and O–H groups in total. The van der Waals surface area contributed by atoms with Crippen LogP contribution in [0.3, 0.4) is 0 Å². The Morgan fingerprint density at radius 1 is 1.38 bits per heavy atom. The van der Waals surface area contributed by atoms with Crippen molar-refractivity contribution >= 4 is 45.9 Å². The molecular weight excluding hydrogens is 292 g/mol. The van der Waals surface area contributed by atoms with Crippen molar-refractivity contribution in [3.05, 3.63) is 18.2 Å². The second kappa shape index (κ2) is 5.57. The minimum atomic E-state index is -0.606. The molecule has 0 spiro atoms. The van der Waals surface area contributed by atoms with Gasteiger partial charge in [0, 0.05) is 5.69 Å². The molecule has 112 valence electrons. The molecule has 2 aromatic rings. The van der Waals surface area contributed by atoms with Gasteiger partial charge in [0.2, 0.25) is 0 Å². The number of nitrogens with one attached hydrogen (secondary N) is 2. The molecule has 0 saturated heterocycles. The number of ether oxygens (including phenoxy) is 1. The van der Waals surface area contributed by atoms with Crippen LogP contribution in [0.2, 0.25) is 0 Å². The molecule has 0 aliphatic heterocycles. The largest absolute Gasteiger partial charge is 0.444 e. The number of nitrogens with two attached hydrogens (primary N) is 1. The molecule has 1 aromatic carbocycles. The molecule has 0 aliphatic rings. The van der Waals surface area contributed by atoms with Crippen LogP contribution in [0.5, 0.6) is 0 Å². The fourth-order valence-electron chi connectivity index (χ4n) is 1.65. The first-order valence-electron chi connectivity index (χ1n) is 6.20. The molecule has 7 nitrogen and oxygen atoms in total. The van der Waals surface area contributed by atoms with Gasteiger partial charge in [-0.1, -0.05) is 5.16 Å². The van der Waals surface area contributed by atoms with Crippen LogP contribution >= 0.6 is 12.2 Å². The van der Waals surface area contributed by atoms with Crippen molar-refractivity contribution in [1.82, 2.24) is 5.16 Å². The molecule has 0 atom stereocenters. The molecule has 1 aromatic heterocycles. The minimum Gasteiger partial charge on any atom is -0.444 e. The van der Waals surface area contributed by atoms with Crippen molar-refractivity contribution in [3.63, 3.8) is 0 Å². The summed E-state index contributed by atoms with van der Waals surface area (Å²) in [6.07, 6.45) is -0.606. The Bertz CT molecular complexity index is 690. The zero-order chi connectivity index (χ0) is 15.6. The first-order valence-corrected chi connectivity index (χ1v) is 6.61. The van der Waals surface area contributed by atoms with Gasteiger partial charge in [-0.15, -0.1) is 0 Å². The molecule has 0 bridgehead atoms. The van der Waals surface area contributed by atoms with Gasteiger partial charge >= 0.3 is 6.09 Å². The lowest BCUT2D eigenvalue weighted by Crippen LogP contribution is -2.27. The van der Waals surface area contributed by atoms with Crippen LogP contribution in [0.25, 0.3) is 11.0 Å². The Labute approximate surface area is 126 Å². The van der Waals surface area contributed by atoms with Crippen molar-refractivity contribution in [2.24, 2.45) is 5.73 Å². The number of carbonyl (C=O) groups excluding carboxylic acids is 1. The second-order valence-electron chi connectivity index (χ2n) is 5.36. The summed E-state index contributed by atoms with van der Waals surface area (Å²) in [5, 5.41) is 9.91. The van der Waals surface area contributed by atoms with Crippen LogP contribution in [0.1, 0.15) is 20.8 Å². The summed E-state index contributed by atoms with van der Waals surface area (Å²) < 4.78 is 10.3. The Morgan fingerprint density at radius 3 is 2.71 bits per heavy atom.